The zero-order chi connectivity index (χ0) is 12.7. The molecule has 0 heterocycles. The van der Waals surface area contributed by atoms with Crippen molar-refractivity contribution in [2.24, 2.45) is 5.92 Å². The van der Waals surface area contributed by atoms with Gasteiger partial charge in [0.05, 0.1) is 13.7 Å². The molecule has 0 bridgehead atoms. The predicted octanol–water partition coefficient (Wildman–Crippen LogP) is 2.84. The highest BCUT2D eigenvalue weighted by molar-refractivity contribution is 5.42. The lowest BCUT2D eigenvalue weighted by atomic mass is 10.2. The first kappa shape index (κ1) is 13.8. The lowest BCUT2D eigenvalue weighted by molar-refractivity contribution is 0.256. The van der Waals surface area contributed by atoms with E-state index < -0.39 is 0 Å². The molecule has 0 aromatic heterocycles. The van der Waals surface area contributed by atoms with Gasteiger partial charge in [0.2, 0.25) is 0 Å². The Bertz CT molecular complexity index is 337. The van der Waals surface area contributed by atoms with Crippen LogP contribution in [0, 0.1) is 5.92 Å². The molecular formula is C14H23NO2. The first-order valence-corrected chi connectivity index (χ1v) is 6.17. The van der Waals surface area contributed by atoms with Crippen LogP contribution in [0.25, 0.3) is 0 Å². The normalized spacial score (nSPS) is 10.6. The van der Waals surface area contributed by atoms with Crippen LogP contribution in [0.4, 0.5) is 0 Å². The standard InChI is InChI=1S/C14H23NO2/c1-5-15-9-12-6-7-13(16-4)14(8-12)17-10-11(2)3/h6-8,11,15H,5,9-10H2,1-4H3. The number of benzene rings is 1. The van der Waals surface area contributed by atoms with Gasteiger partial charge in [0, 0.05) is 6.54 Å². The van der Waals surface area contributed by atoms with Crippen LogP contribution < -0.4 is 14.8 Å². The molecule has 0 spiro atoms. The van der Waals surface area contributed by atoms with E-state index in [0.717, 1.165) is 24.6 Å². The summed E-state index contributed by atoms with van der Waals surface area (Å²) < 4.78 is 11.0. The maximum absolute atomic E-state index is 5.76. The van der Waals surface area contributed by atoms with Gasteiger partial charge in [0.1, 0.15) is 0 Å². The Kier molecular flexibility index (Phi) is 5.84. The molecule has 0 aliphatic rings. The highest BCUT2D eigenvalue weighted by Gasteiger charge is 2.06. The summed E-state index contributed by atoms with van der Waals surface area (Å²) in [5.41, 5.74) is 1.21. The molecule has 0 saturated heterocycles. The molecule has 0 saturated carbocycles. The summed E-state index contributed by atoms with van der Waals surface area (Å²) in [4.78, 5) is 0. The second-order valence-electron chi connectivity index (χ2n) is 4.47. The Balaban J connectivity index is 2.75. The summed E-state index contributed by atoms with van der Waals surface area (Å²) in [5, 5.41) is 3.30. The van der Waals surface area contributed by atoms with E-state index in [0.29, 0.717) is 12.5 Å². The summed E-state index contributed by atoms with van der Waals surface area (Å²) in [5.74, 6) is 2.14. The van der Waals surface area contributed by atoms with Gasteiger partial charge in [-0.3, -0.25) is 0 Å². The monoisotopic (exact) mass is 237 g/mol. The molecule has 3 nitrogen and oxygen atoms in total. The van der Waals surface area contributed by atoms with Gasteiger partial charge in [-0.1, -0.05) is 26.8 Å². The molecule has 0 amide bonds. The zero-order valence-electron chi connectivity index (χ0n) is 11.2. The highest BCUT2D eigenvalue weighted by atomic mass is 16.5. The lowest BCUT2D eigenvalue weighted by Gasteiger charge is -2.14. The quantitative estimate of drug-likeness (QED) is 0.791. The SMILES string of the molecule is CCNCc1ccc(OC)c(OCC(C)C)c1. The minimum Gasteiger partial charge on any atom is -0.493 e. The third-order valence-corrected chi connectivity index (χ3v) is 2.38. The van der Waals surface area contributed by atoms with E-state index in [2.05, 4.69) is 32.2 Å². The van der Waals surface area contributed by atoms with Crippen LogP contribution in [0.5, 0.6) is 11.5 Å². The molecule has 0 aliphatic heterocycles. The molecule has 17 heavy (non-hydrogen) atoms. The van der Waals surface area contributed by atoms with Crippen molar-refractivity contribution in [3.8, 4) is 11.5 Å². The van der Waals surface area contributed by atoms with Crippen LogP contribution in [-0.4, -0.2) is 20.3 Å². The number of rotatable bonds is 7. The van der Waals surface area contributed by atoms with Crippen LogP contribution in [0.1, 0.15) is 26.3 Å². The van der Waals surface area contributed by atoms with E-state index in [1.807, 2.05) is 12.1 Å². The van der Waals surface area contributed by atoms with E-state index in [1.165, 1.54) is 5.56 Å². The Hall–Kier alpha value is -1.22. The second kappa shape index (κ2) is 7.17. The molecule has 1 aromatic carbocycles. The number of ether oxygens (including phenoxy) is 2. The van der Waals surface area contributed by atoms with Gasteiger partial charge in [-0.2, -0.15) is 0 Å². The summed E-state index contributed by atoms with van der Waals surface area (Å²) in [6, 6.07) is 6.07. The highest BCUT2D eigenvalue weighted by Crippen LogP contribution is 2.28. The van der Waals surface area contributed by atoms with Crippen molar-refractivity contribution in [1.82, 2.24) is 5.32 Å². The largest absolute Gasteiger partial charge is 0.493 e. The molecule has 0 unspecified atom stereocenters. The van der Waals surface area contributed by atoms with Crippen molar-refractivity contribution in [3.05, 3.63) is 23.8 Å². The molecular weight excluding hydrogens is 214 g/mol. The molecule has 3 heteroatoms. The van der Waals surface area contributed by atoms with Gasteiger partial charge < -0.3 is 14.8 Å². The molecule has 1 aromatic rings. The Labute approximate surface area is 104 Å². The minimum atomic E-state index is 0.511. The van der Waals surface area contributed by atoms with Gasteiger partial charge in [-0.15, -0.1) is 0 Å². The number of methoxy groups -OCH3 is 1. The average Bonchev–Trinajstić information content (AvgIpc) is 2.33. The lowest BCUT2D eigenvalue weighted by Crippen LogP contribution is -2.12. The summed E-state index contributed by atoms with van der Waals surface area (Å²) >= 11 is 0. The van der Waals surface area contributed by atoms with E-state index in [4.69, 9.17) is 9.47 Å². The molecule has 0 radical (unpaired) electrons. The smallest absolute Gasteiger partial charge is 0.161 e. The van der Waals surface area contributed by atoms with E-state index in [9.17, 15) is 0 Å². The van der Waals surface area contributed by atoms with Gasteiger partial charge in [-0.05, 0) is 30.2 Å². The van der Waals surface area contributed by atoms with Crippen molar-refractivity contribution in [2.45, 2.75) is 27.3 Å². The Morgan fingerprint density at radius 2 is 2.00 bits per heavy atom. The van der Waals surface area contributed by atoms with Crippen molar-refractivity contribution in [2.75, 3.05) is 20.3 Å². The summed E-state index contributed by atoms with van der Waals surface area (Å²) in [6.07, 6.45) is 0. The number of hydrogen-bond donors (Lipinski definition) is 1. The first-order valence-electron chi connectivity index (χ1n) is 6.17. The van der Waals surface area contributed by atoms with Crippen molar-refractivity contribution >= 4 is 0 Å². The third-order valence-electron chi connectivity index (χ3n) is 2.38. The number of hydrogen-bond acceptors (Lipinski definition) is 3. The number of nitrogens with one attached hydrogen (secondary N) is 1. The fraction of sp³-hybridized carbons (Fsp3) is 0.571. The van der Waals surface area contributed by atoms with Crippen LogP contribution in [0.2, 0.25) is 0 Å². The molecule has 1 rings (SSSR count). The van der Waals surface area contributed by atoms with E-state index in [1.54, 1.807) is 7.11 Å². The fourth-order valence-corrected chi connectivity index (χ4v) is 1.47. The third kappa shape index (κ3) is 4.65. The Morgan fingerprint density at radius 3 is 2.59 bits per heavy atom. The van der Waals surface area contributed by atoms with Crippen molar-refractivity contribution in [1.29, 1.82) is 0 Å². The van der Waals surface area contributed by atoms with Gasteiger partial charge in [-0.25, -0.2) is 0 Å². The topological polar surface area (TPSA) is 30.5 Å². The van der Waals surface area contributed by atoms with Gasteiger partial charge in [0.25, 0.3) is 0 Å². The van der Waals surface area contributed by atoms with Gasteiger partial charge in [0.15, 0.2) is 11.5 Å². The van der Waals surface area contributed by atoms with Crippen LogP contribution in [0.3, 0.4) is 0 Å². The van der Waals surface area contributed by atoms with Crippen molar-refractivity contribution < 1.29 is 9.47 Å². The predicted molar refractivity (Wildman–Crippen MR) is 70.7 cm³/mol. The maximum atomic E-state index is 5.76. The second-order valence-corrected chi connectivity index (χ2v) is 4.47. The van der Waals surface area contributed by atoms with Crippen LogP contribution >= 0.6 is 0 Å². The van der Waals surface area contributed by atoms with Crippen molar-refractivity contribution in [3.63, 3.8) is 0 Å². The first-order chi connectivity index (χ1) is 8.17. The van der Waals surface area contributed by atoms with E-state index >= 15 is 0 Å². The molecule has 96 valence electrons. The minimum absolute atomic E-state index is 0.511. The molecule has 1 N–H and O–H groups in total. The van der Waals surface area contributed by atoms with E-state index in [-0.39, 0.29) is 0 Å². The molecule has 0 aliphatic carbocycles. The van der Waals surface area contributed by atoms with Crippen LogP contribution in [0.15, 0.2) is 18.2 Å². The fourth-order valence-electron chi connectivity index (χ4n) is 1.47. The maximum Gasteiger partial charge on any atom is 0.161 e. The average molecular weight is 237 g/mol. The van der Waals surface area contributed by atoms with Crippen LogP contribution in [-0.2, 0) is 6.54 Å². The van der Waals surface area contributed by atoms with Gasteiger partial charge >= 0.3 is 0 Å². The summed E-state index contributed by atoms with van der Waals surface area (Å²) in [7, 11) is 1.67. The Morgan fingerprint density at radius 1 is 1.24 bits per heavy atom. The zero-order valence-corrected chi connectivity index (χ0v) is 11.2. The molecule has 0 fully saturated rings. The summed E-state index contributed by atoms with van der Waals surface area (Å²) in [6.45, 7) is 8.90. The molecule has 0 atom stereocenters.